The first-order valence-electron chi connectivity index (χ1n) is 9.52. The molecule has 1 spiro atoms. The van der Waals surface area contributed by atoms with Gasteiger partial charge in [0.15, 0.2) is 0 Å². The summed E-state index contributed by atoms with van der Waals surface area (Å²) in [7, 11) is 0. The number of piperidine rings is 1. The Morgan fingerprint density at radius 3 is 2.46 bits per heavy atom. The van der Waals surface area contributed by atoms with Gasteiger partial charge in [-0.3, -0.25) is 0 Å². The smallest absolute Gasteiger partial charge is 0.410 e. The lowest BCUT2D eigenvalue weighted by Gasteiger charge is -2.39. The van der Waals surface area contributed by atoms with Crippen molar-refractivity contribution in [3.63, 3.8) is 0 Å². The van der Waals surface area contributed by atoms with E-state index in [2.05, 4.69) is 36.1 Å². The Balaban J connectivity index is 1.39. The molecule has 0 radical (unpaired) electrons. The average molecular weight is 350 g/mol. The summed E-state index contributed by atoms with van der Waals surface area (Å²) >= 11 is 0. The normalized spacial score (nSPS) is 18.0. The van der Waals surface area contributed by atoms with Crippen LogP contribution in [0.1, 0.15) is 30.9 Å². The van der Waals surface area contributed by atoms with Crippen LogP contribution in [0.3, 0.4) is 0 Å². The van der Waals surface area contributed by atoms with Crippen LogP contribution in [0.4, 0.5) is 10.5 Å². The van der Waals surface area contributed by atoms with E-state index in [1.165, 1.54) is 11.3 Å². The molecule has 2 heterocycles. The lowest BCUT2D eigenvalue weighted by Crippen LogP contribution is -2.47. The van der Waals surface area contributed by atoms with E-state index in [4.69, 9.17) is 4.74 Å². The molecule has 2 aliphatic heterocycles. The fourth-order valence-corrected chi connectivity index (χ4v) is 4.37. The summed E-state index contributed by atoms with van der Waals surface area (Å²) in [4.78, 5) is 16.8. The number of likely N-dealkylation sites (tertiary alicyclic amines) is 1. The zero-order valence-corrected chi connectivity index (χ0v) is 15.4. The molecule has 0 unspecified atom stereocenters. The SMILES string of the molecule is CCN1CC2(CCN(C(=O)OCc3ccccc3)CC2)c2ccccc21. The molecule has 1 fully saturated rings. The molecule has 2 aliphatic rings. The number of likely N-dealkylation sites (N-methyl/N-ethyl adjacent to an activating group) is 1. The van der Waals surface area contributed by atoms with Gasteiger partial charge in [-0.1, -0.05) is 48.5 Å². The van der Waals surface area contributed by atoms with Gasteiger partial charge in [-0.25, -0.2) is 4.79 Å². The maximum Gasteiger partial charge on any atom is 0.410 e. The molecule has 0 bridgehead atoms. The molecule has 2 aromatic rings. The minimum Gasteiger partial charge on any atom is -0.445 e. The van der Waals surface area contributed by atoms with Gasteiger partial charge in [0.05, 0.1) is 0 Å². The molecular weight excluding hydrogens is 324 g/mol. The Morgan fingerprint density at radius 2 is 1.73 bits per heavy atom. The van der Waals surface area contributed by atoms with E-state index in [0.717, 1.165) is 44.6 Å². The molecule has 2 aromatic carbocycles. The van der Waals surface area contributed by atoms with E-state index in [-0.39, 0.29) is 11.5 Å². The topological polar surface area (TPSA) is 32.8 Å². The lowest BCUT2D eigenvalue weighted by molar-refractivity contribution is 0.0789. The Kier molecular flexibility index (Phi) is 4.58. The van der Waals surface area contributed by atoms with E-state index in [0.29, 0.717) is 6.61 Å². The number of carbonyl (C=O) groups is 1. The number of benzene rings is 2. The van der Waals surface area contributed by atoms with Crippen molar-refractivity contribution < 1.29 is 9.53 Å². The van der Waals surface area contributed by atoms with Crippen molar-refractivity contribution in [2.75, 3.05) is 31.1 Å². The molecular formula is C22H26N2O2. The number of hydrogen-bond donors (Lipinski definition) is 0. The third-order valence-corrected chi connectivity index (χ3v) is 5.88. The molecule has 0 N–H and O–H groups in total. The molecule has 0 aromatic heterocycles. The number of amides is 1. The van der Waals surface area contributed by atoms with Crippen molar-refractivity contribution in [1.82, 2.24) is 4.90 Å². The van der Waals surface area contributed by atoms with Crippen LogP contribution in [0.5, 0.6) is 0 Å². The first-order chi connectivity index (χ1) is 12.7. The number of fused-ring (bicyclic) bond motifs is 2. The number of carbonyl (C=O) groups excluding carboxylic acids is 1. The molecule has 0 saturated carbocycles. The van der Waals surface area contributed by atoms with Crippen molar-refractivity contribution in [1.29, 1.82) is 0 Å². The van der Waals surface area contributed by atoms with Crippen LogP contribution in [-0.2, 0) is 16.8 Å². The van der Waals surface area contributed by atoms with Crippen LogP contribution in [0.2, 0.25) is 0 Å². The molecule has 26 heavy (non-hydrogen) atoms. The van der Waals surface area contributed by atoms with Gasteiger partial charge in [0, 0.05) is 37.3 Å². The highest BCUT2D eigenvalue weighted by atomic mass is 16.6. The fourth-order valence-electron chi connectivity index (χ4n) is 4.37. The van der Waals surface area contributed by atoms with Gasteiger partial charge >= 0.3 is 6.09 Å². The summed E-state index contributed by atoms with van der Waals surface area (Å²) in [5.41, 5.74) is 4.04. The van der Waals surface area contributed by atoms with Crippen molar-refractivity contribution >= 4 is 11.8 Å². The zero-order chi connectivity index (χ0) is 18.0. The van der Waals surface area contributed by atoms with Crippen molar-refractivity contribution in [3.8, 4) is 0 Å². The van der Waals surface area contributed by atoms with Gasteiger partial charge in [0.2, 0.25) is 0 Å². The minimum atomic E-state index is -0.192. The number of hydrogen-bond acceptors (Lipinski definition) is 3. The number of ether oxygens (including phenoxy) is 1. The van der Waals surface area contributed by atoms with Crippen LogP contribution in [0.15, 0.2) is 54.6 Å². The second-order valence-electron chi connectivity index (χ2n) is 7.34. The van der Waals surface area contributed by atoms with Crippen molar-refractivity contribution in [3.05, 3.63) is 65.7 Å². The molecule has 4 nitrogen and oxygen atoms in total. The Labute approximate surface area is 155 Å². The first-order valence-corrected chi connectivity index (χ1v) is 9.52. The maximum absolute atomic E-state index is 12.4. The predicted molar refractivity (Wildman–Crippen MR) is 103 cm³/mol. The van der Waals surface area contributed by atoms with E-state index in [1.54, 1.807) is 0 Å². The van der Waals surface area contributed by atoms with E-state index in [9.17, 15) is 4.79 Å². The number of nitrogens with zero attached hydrogens (tertiary/aromatic N) is 2. The first kappa shape index (κ1) is 17.0. The van der Waals surface area contributed by atoms with Gasteiger partial charge < -0.3 is 14.5 Å². The van der Waals surface area contributed by atoms with Crippen LogP contribution in [-0.4, -0.2) is 37.2 Å². The van der Waals surface area contributed by atoms with Gasteiger partial charge in [0.1, 0.15) is 6.61 Å². The monoisotopic (exact) mass is 350 g/mol. The summed E-state index contributed by atoms with van der Waals surface area (Å²) < 4.78 is 5.51. The highest BCUT2D eigenvalue weighted by Crippen LogP contribution is 2.46. The second-order valence-corrected chi connectivity index (χ2v) is 7.34. The molecule has 4 heteroatoms. The van der Waals surface area contributed by atoms with Crippen LogP contribution in [0, 0.1) is 0 Å². The fraction of sp³-hybridized carbons (Fsp3) is 0.409. The largest absolute Gasteiger partial charge is 0.445 e. The highest BCUT2D eigenvalue weighted by Gasteiger charge is 2.44. The molecule has 136 valence electrons. The zero-order valence-electron chi connectivity index (χ0n) is 15.4. The summed E-state index contributed by atoms with van der Waals surface area (Å²) in [6.45, 7) is 6.18. The third-order valence-electron chi connectivity index (χ3n) is 5.88. The van der Waals surface area contributed by atoms with Crippen LogP contribution in [0.25, 0.3) is 0 Å². The highest BCUT2D eigenvalue weighted by molar-refractivity contribution is 5.68. The molecule has 0 aliphatic carbocycles. The second kappa shape index (κ2) is 7.02. The molecule has 4 rings (SSSR count). The van der Waals surface area contributed by atoms with Crippen molar-refractivity contribution in [2.24, 2.45) is 0 Å². The Morgan fingerprint density at radius 1 is 1.04 bits per heavy atom. The summed E-state index contributed by atoms with van der Waals surface area (Å²) in [5, 5.41) is 0. The summed E-state index contributed by atoms with van der Waals surface area (Å²) in [6, 6.07) is 18.6. The number of rotatable bonds is 3. The standard InChI is InChI=1S/C22H26N2O2/c1-2-23-17-22(19-10-6-7-11-20(19)23)12-14-24(15-13-22)21(25)26-16-18-8-4-3-5-9-18/h3-11H,2,12-17H2,1H3. The third kappa shape index (κ3) is 3.05. The molecule has 0 atom stereocenters. The average Bonchev–Trinajstić information content (AvgIpc) is 3.01. The van der Waals surface area contributed by atoms with Gasteiger partial charge in [-0.15, -0.1) is 0 Å². The van der Waals surface area contributed by atoms with Gasteiger partial charge in [-0.2, -0.15) is 0 Å². The summed E-state index contributed by atoms with van der Waals surface area (Å²) in [5.74, 6) is 0. The molecule has 1 saturated heterocycles. The van der Waals surface area contributed by atoms with E-state index >= 15 is 0 Å². The molecule has 1 amide bonds. The predicted octanol–water partition coefficient (Wildman–Crippen LogP) is 4.20. The van der Waals surface area contributed by atoms with Crippen LogP contribution < -0.4 is 4.90 Å². The Bertz CT molecular complexity index is 767. The Hall–Kier alpha value is -2.49. The summed E-state index contributed by atoms with van der Waals surface area (Å²) in [6.07, 6.45) is 1.81. The number of para-hydroxylation sites is 1. The van der Waals surface area contributed by atoms with Gasteiger partial charge in [0.25, 0.3) is 0 Å². The van der Waals surface area contributed by atoms with Crippen molar-refractivity contribution in [2.45, 2.75) is 31.8 Å². The van der Waals surface area contributed by atoms with Gasteiger partial charge in [-0.05, 0) is 37.0 Å². The van der Waals surface area contributed by atoms with E-state index < -0.39 is 0 Å². The minimum absolute atomic E-state index is 0.183. The number of anilines is 1. The maximum atomic E-state index is 12.4. The van der Waals surface area contributed by atoms with E-state index in [1.807, 2.05) is 35.2 Å². The lowest BCUT2D eigenvalue weighted by atomic mass is 9.74. The van der Waals surface area contributed by atoms with Crippen LogP contribution >= 0.6 is 0 Å². The quantitative estimate of drug-likeness (QED) is 0.832.